The Balaban J connectivity index is 1.50. The molecule has 6 nitrogen and oxygen atoms in total. The largest absolute Gasteiger partial charge is 0.391 e. The maximum Gasteiger partial charge on any atom is 0.149 e. The van der Waals surface area contributed by atoms with Gasteiger partial charge in [0.05, 0.1) is 35.9 Å². The molecule has 0 saturated carbocycles. The van der Waals surface area contributed by atoms with Crippen LogP contribution in [0.3, 0.4) is 0 Å². The molecule has 2 aromatic rings. The fraction of sp³-hybridized carbons (Fsp3) is 0.478. The second kappa shape index (κ2) is 9.10. The van der Waals surface area contributed by atoms with Crippen LogP contribution in [-0.4, -0.2) is 40.3 Å². The lowest BCUT2D eigenvalue weighted by atomic mass is 9.92. The molecular weight excluding hydrogens is 381 g/mol. The van der Waals surface area contributed by atoms with Crippen molar-refractivity contribution in [3.05, 3.63) is 53.9 Å². The minimum atomic E-state index is -0.490. The quantitative estimate of drug-likeness (QED) is 0.700. The van der Waals surface area contributed by atoms with Gasteiger partial charge in [0.15, 0.2) is 0 Å². The minimum absolute atomic E-state index is 0.0832. The molecular formula is C23H30FN5O. The lowest BCUT2D eigenvalue weighted by Crippen LogP contribution is -2.55. The zero-order valence-electron chi connectivity index (χ0n) is 17.4. The molecule has 1 fully saturated rings. The number of aromatic nitrogens is 2. The fourth-order valence-corrected chi connectivity index (χ4v) is 4.36. The fourth-order valence-electron chi connectivity index (χ4n) is 4.36. The number of nitrogens with one attached hydrogen (secondary N) is 1. The molecule has 3 atom stereocenters. The highest BCUT2D eigenvalue weighted by molar-refractivity contribution is 5.69. The summed E-state index contributed by atoms with van der Waals surface area (Å²) in [6.45, 7) is 3.78. The lowest BCUT2D eigenvalue weighted by Gasteiger charge is -2.40. The van der Waals surface area contributed by atoms with Crippen LogP contribution in [0.4, 0.5) is 15.8 Å². The highest BCUT2D eigenvalue weighted by Gasteiger charge is 2.31. The Labute approximate surface area is 177 Å². The van der Waals surface area contributed by atoms with Gasteiger partial charge in [-0.1, -0.05) is 13.0 Å². The molecule has 0 spiro atoms. The number of allylic oxidation sites excluding steroid dienone is 2. The van der Waals surface area contributed by atoms with E-state index in [0.29, 0.717) is 18.8 Å². The molecule has 0 radical (unpaired) electrons. The topological polar surface area (TPSA) is 87.3 Å². The number of hydrogen-bond donors (Lipinski definition) is 3. The smallest absolute Gasteiger partial charge is 0.149 e. The third-order valence-corrected chi connectivity index (χ3v) is 6.06. The van der Waals surface area contributed by atoms with Crippen molar-refractivity contribution < 1.29 is 9.50 Å². The minimum Gasteiger partial charge on any atom is -0.391 e. The number of hydrogen-bond acceptors (Lipinski definition) is 6. The Kier molecular flexibility index (Phi) is 6.29. The van der Waals surface area contributed by atoms with Crippen LogP contribution in [-0.2, 0) is 6.54 Å². The summed E-state index contributed by atoms with van der Waals surface area (Å²) >= 11 is 0. The Bertz CT molecular complexity index is 906. The van der Waals surface area contributed by atoms with Crippen molar-refractivity contribution in [2.75, 3.05) is 23.3 Å². The van der Waals surface area contributed by atoms with E-state index in [4.69, 9.17) is 5.73 Å². The standard InChI is InChI=1S/C23H30FN5O/c1-15-13-29(14-19(25)23(15)30)21-9-10-26-12-20(21)27-11-17-7-8-18(24)22(28-17)16-5-3-2-4-6-16/h5,7-10,12,15,19,23,27,30H,2-4,6,11,13-14,25H2,1H3/t15-,19?,23?/m0/s1. The highest BCUT2D eigenvalue weighted by atomic mass is 19.1. The number of pyridine rings is 2. The van der Waals surface area contributed by atoms with Crippen LogP contribution in [0.15, 0.2) is 36.7 Å². The molecule has 3 heterocycles. The van der Waals surface area contributed by atoms with Gasteiger partial charge in [0, 0.05) is 31.2 Å². The molecule has 160 valence electrons. The molecule has 30 heavy (non-hydrogen) atoms. The Morgan fingerprint density at radius 2 is 2.13 bits per heavy atom. The summed E-state index contributed by atoms with van der Waals surface area (Å²) in [6.07, 6.45) is 9.27. The molecule has 0 amide bonds. The summed E-state index contributed by atoms with van der Waals surface area (Å²) in [7, 11) is 0. The van der Waals surface area contributed by atoms with E-state index in [0.717, 1.165) is 54.9 Å². The van der Waals surface area contributed by atoms with Gasteiger partial charge in [-0.25, -0.2) is 9.37 Å². The van der Waals surface area contributed by atoms with Gasteiger partial charge in [-0.15, -0.1) is 0 Å². The Morgan fingerprint density at radius 1 is 1.27 bits per heavy atom. The van der Waals surface area contributed by atoms with Crippen LogP contribution in [0, 0.1) is 11.7 Å². The molecule has 0 aromatic carbocycles. The van der Waals surface area contributed by atoms with Crippen molar-refractivity contribution in [3.8, 4) is 0 Å². The number of nitrogens with zero attached hydrogens (tertiary/aromatic N) is 3. The molecule has 1 aliphatic carbocycles. The third kappa shape index (κ3) is 4.47. The number of nitrogens with two attached hydrogens (primary N) is 1. The van der Waals surface area contributed by atoms with Gasteiger partial charge >= 0.3 is 0 Å². The maximum absolute atomic E-state index is 14.4. The van der Waals surface area contributed by atoms with Crippen LogP contribution in [0.25, 0.3) is 5.57 Å². The van der Waals surface area contributed by atoms with E-state index >= 15 is 0 Å². The molecule has 1 saturated heterocycles. The van der Waals surface area contributed by atoms with E-state index in [-0.39, 0.29) is 17.8 Å². The average Bonchev–Trinajstić information content (AvgIpc) is 2.77. The molecule has 0 bridgehead atoms. The zero-order chi connectivity index (χ0) is 21.1. The lowest BCUT2D eigenvalue weighted by molar-refractivity contribution is 0.0785. The summed E-state index contributed by atoms with van der Waals surface area (Å²) in [4.78, 5) is 11.0. The van der Waals surface area contributed by atoms with E-state index in [1.807, 2.05) is 13.0 Å². The first-order valence-electron chi connectivity index (χ1n) is 10.7. The maximum atomic E-state index is 14.4. The number of anilines is 2. The van der Waals surface area contributed by atoms with Crippen LogP contribution in [0.5, 0.6) is 0 Å². The van der Waals surface area contributed by atoms with Crippen LogP contribution < -0.4 is 16.0 Å². The van der Waals surface area contributed by atoms with Crippen molar-refractivity contribution in [3.63, 3.8) is 0 Å². The van der Waals surface area contributed by atoms with Crippen molar-refractivity contribution in [2.24, 2.45) is 11.7 Å². The van der Waals surface area contributed by atoms with Crippen molar-refractivity contribution in [1.82, 2.24) is 9.97 Å². The first-order valence-corrected chi connectivity index (χ1v) is 10.7. The van der Waals surface area contributed by atoms with Crippen LogP contribution in [0.1, 0.15) is 44.0 Å². The second-order valence-electron chi connectivity index (χ2n) is 8.39. The Morgan fingerprint density at radius 3 is 2.90 bits per heavy atom. The molecule has 7 heteroatoms. The van der Waals surface area contributed by atoms with E-state index in [2.05, 4.69) is 26.3 Å². The number of rotatable bonds is 5. The Hall–Kier alpha value is -2.51. The predicted octanol–water partition coefficient (Wildman–Crippen LogP) is 3.33. The van der Waals surface area contributed by atoms with Gasteiger partial charge in [-0.2, -0.15) is 0 Å². The molecule has 1 aliphatic heterocycles. The van der Waals surface area contributed by atoms with Gasteiger partial charge in [0.1, 0.15) is 11.5 Å². The van der Waals surface area contributed by atoms with E-state index in [1.54, 1.807) is 18.5 Å². The molecule has 2 aliphatic rings. The normalized spacial score (nSPS) is 24.5. The van der Waals surface area contributed by atoms with Crippen LogP contribution >= 0.6 is 0 Å². The number of halogens is 1. The summed E-state index contributed by atoms with van der Waals surface area (Å²) in [5.41, 5.74) is 10.3. The summed E-state index contributed by atoms with van der Waals surface area (Å²) in [6, 6.07) is 4.89. The number of aliphatic hydroxyl groups excluding tert-OH is 1. The summed E-state index contributed by atoms with van der Waals surface area (Å²) < 4.78 is 14.4. The molecule has 4 rings (SSSR count). The SMILES string of the molecule is C[C@H]1CN(c2ccncc2NCc2ccc(F)c(C3=CCCCC3)n2)CC(N)C1O. The summed E-state index contributed by atoms with van der Waals surface area (Å²) in [5.74, 6) is -0.177. The monoisotopic (exact) mass is 411 g/mol. The first kappa shape index (κ1) is 20.8. The van der Waals surface area contributed by atoms with E-state index in [1.165, 1.54) is 6.07 Å². The van der Waals surface area contributed by atoms with Gasteiger partial charge < -0.3 is 21.1 Å². The van der Waals surface area contributed by atoms with Gasteiger partial charge in [-0.05, 0) is 49.5 Å². The van der Waals surface area contributed by atoms with Gasteiger partial charge in [0.25, 0.3) is 0 Å². The number of aliphatic hydroxyl groups is 1. The van der Waals surface area contributed by atoms with Crippen molar-refractivity contribution >= 4 is 16.9 Å². The van der Waals surface area contributed by atoms with Crippen LogP contribution in [0.2, 0.25) is 0 Å². The van der Waals surface area contributed by atoms with E-state index in [9.17, 15) is 9.50 Å². The predicted molar refractivity (Wildman–Crippen MR) is 118 cm³/mol. The highest BCUT2D eigenvalue weighted by Crippen LogP contribution is 2.30. The number of piperidine rings is 1. The van der Waals surface area contributed by atoms with Gasteiger partial charge in [-0.3, -0.25) is 4.98 Å². The van der Waals surface area contributed by atoms with Crippen molar-refractivity contribution in [2.45, 2.75) is 51.3 Å². The summed E-state index contributed by atoms with van der Waals surface area (Å²) in [5, 5.41) is 13.6. The zero-order valence-corrected chi connectivity index (χ0v) is 17.4. The van der Waals surface area contributed by atoms with Crippen molar-refractivity contribution in [1.29, 1.82) is 0 Å². The average molecular weight is 412 g/mol. The van der Waals surface area contributed by atoms with Gasteiger partial charge in [0.2, 0.25) is 0 Å². The first-order chi connectivity index (χ1) is 14.5. The third-order valence-electron chi connectivity index (χ3n) is 6.06. The molecule has 2 aromatic heterocycles. The second-order valence-corrected chi connectivity index (χ2v) is 8.39. The molecule has 2 unspecified atom stereocenters. The van der Waals surface area contributed by atoms with E-state index < -0.39 is 6.10 Å². The molecule has 4 N–H and O–H groups in total.